The summed E-state index contributed by atoms with van der Waals surface area (Å²) in [5, 5.41) is 11.0. The number of rotatable bonds is 3. The molecule has 5 heteroatoms. The number of hydrogen-bond acceptors (Lipinski definition) is 3. The number of hydrogen-bond donors (Lipinski definition) is 1. The van der Waals surface area contributed by atoms with Crippen molar-refractivity contribution in [2.45, 2.75) is 51.5 Å². The maximum Gasteiger partial charge on any atom is 0.283 e. The van der Waals surface area contributed by atoms with Crippen molar-refractivity contribution in [1.82, 2.24) is 0 Å². The van der Waals surface area contributed by atoms with E-state index in [4.69, 9.17) is 5.73 Å². The van der Waals surface area contributed by atoms with E-state index in [-0.39, 0.29) is 16.1 Å². The highest BCUT2D eigenvalue weighted by Gasteiger charge is 2.36. The van der Waals surface area contributed by atoms with E-state index in [1.807, 2.05) is 6.07 Å². The monoisotopic (exact) mass is 340 g/mol. The number of nitro groups is 1. The van der Waals surface area contributed by atoms with Crippen molar-refractivity contribution in [2.24, 2.45) is 11.1 Å². The van der Waals surface area contributed by atoms with Crippen LogP contribution in [-0.4, -0.2) is 10.5 Å². The molecule has 0 bridgehead atoms. The first kappa shape index (κ1) is 15.4. The van der Waals surface area contributed by atoms with Crippen molar-refractivity contribution in [3.8, 4) is 0 Å². The molecule has 0 amide bonds. The van der Waals surface area contributed by atoms with Gasteiger partial charge in [-0.15, -0.1) is 0 Å². The van der Waals surface area contributed by atoms with Crippen molar-refractivity contribution in [3.63, 3.8) is 0 Å². The Balaban J connectivity index is 2.18. The molecule has 110 valence electrons. The minimum absolute atomic E-state index is 0.113. The van der Waals surface area contributed by atoms with Crippen molar-refractivity contribution in [3.05, 3.63) is 38.3 Å². The van der Waals surface area contributed by atoms with Crippen molar-refractivity contribution in [1.29, 1.82) is 0 Å². The molecule has 0 saturated heterocycles. The van der Waals surface area contributed by atoms with Crippen LogP contribution in [0.15, 0.2) is 22.7 Å². The molecule has 0 heterocycles. The molecule has 0 atom stereocenters. The van der Waals surface area contributed by atoms with Gasteiger partial charge in [0.2, 0.25) is 0 Å². The Bertz CT molecular complexity index is 519. The largest absolute Gasteiger partial charge is 0.325 e. The number of nitrogens with two attached hydrogens (primary N) is 1. The van der Waals surface area contributed by atoms with Gasteiger partial charge in [-0.25, -0.2) is 0 Å². The lowest BCUT2D eigenvalue weighted by Gasteiger charge is -2.41. The fourth-order valence-electron chi connectivity index (χ4n) is 2.82. The minimum atomic E-state index is -0.360. The van der Waals surface area contributed by atoms with Crippen molar-refractivity contribution >= 4 is 21.6 Å². The molecule has 1 fully saturated rings. The van der Waals surface area contributed by atoms with E-state index in [0.717, 1.165) is 31.2 Å². The third kappa shape index (κ3) is 3.38. The van der Waals surface area contributed by atoms with Gasteiger partial charge in [-0.1, -0.05) is 26.0 Å². The summed E-state index contributed by atoms with van der Waals surface area (Å²) in [7, 11) is 0. The second kappa shape index (κ2) is 5.45. The van der Waals surface area contributed by atoms with Crippen LogP contribution >= 0.6 is 15.9 Å². The Hall–Kier alpha value is -0.940. The SMILES string of the molecule is CC1(C)CCC(N)(Cc2cccc([N+](=O)[O-])c2Br)CC1. The Kier molecular flexibility index (Phi) is 4.21. The fraction of sp³-hybridized carbons (Fsp3) is 0.600. The van der Waals surface area contributed by atoms with Crippen LogP contribution < -0.4 is 5.73 Å². The zero-order chi connectivity index (χ0) is 15.0. The molecule has 0 radical (unpaired) electrons. The Morgan fingerprint density at radius 2 is 1.90 bits per heavy atom. The molecule has 20 heavy (non-hydrogen) atoms. The van der Waals surface area contributed by atoms with Crippen LogP contribution in [0.2, 0.25) is 0 Å². The predicted molar refractivity (Wildman–Crippen MR) is 83.7 cm³/mol. The molecule has 0 spiro atoms. The molecule has 4 nitrogen and oxygen atoms in total. The van der Waals surface area contributed by atoms with Gasteiger partial charge >= 0.3 is 0 Å². The first-order valence-corrected chi connectivity index (χ1v) is 7.72. The lowest BCUT2D eigenvalue weighted by molar-refractivity contribution is -0.385. The Labute approximate surface area is 128 Å². The molecule has 0 unspecified atom stereocenters. The van der Waals surface area contributed by atoms with E-state index in [1.54, 1.807) is 6.07 Å². The van der Waals surface area contributed by atoms with Gasteiger partial charge in [-0.2, -0.15) is 0 Å². The molecule has 0 aromatic heterocycles. The number of benzene rings is 1. The van der Waals surface area contributed by atoms with Crippen LogP contribution in [-0.2, 0) is 6.42 Å². The van der Waals surface area contributed by atoms with Gasteiger partial charge in [-0.3, -0.25) is 10.1 Å². The molecule has 1 aliphatic rings. The summed E-state index contributed by atoms with van der Waals surface area (Å²) in [4.78, 5) is 10.6. The summed E-state index contributed by atoms with van der Waals surface area (Å²) in [5.74, 6) is 0. The van der Waals surface area contributed by atoms with Gasteiger partial charge in [0.15, 0.2) is 0 Å². The van der Waals surface area contributed by atoms with Gasteiger partial charge < -0.3 is 5.73 Å². The molecule has 1 aromatic carbocycles. The second-order valence-corrected chi connectivity index (χ2v) is 7.50. The van der Waals surface area contributed by atoms with Gasteiger partial charge in [-0.05, 0) is 59.0 Å². The van der Waals surface area contributed by atoms with Crippen molar-refractivity contribution in [2.75, 3.05) is 0 Å². The van der Waals surface area contributed by atoms with E-state index < -0.39 is 0 Å². The maximum atomic E-state index is 11.0. The molecule has 1 aromatic rings. The summed E-state index contributed by atoms with van der Waals surface area (Å²) in [6.07, 6.45) is 4.84. The summed E-state index contributed by atoms with van der Waals surface area (Å²) < 4.78 is 0.569. The van der Waals surface area contributed by atoms with Gasteiger partial charge in [0.1, 0.15) is 0 Å². The highest BCUT2D eigenvalue weighted by molar-refractivity contribution is 9.10. The summed E-state index contributed by atoms with van der Waals surface area (Å²) >= 11 is 3.36. The van der Waals surface area contributed by atoms with Crippen LogP contribution in [0, 0.1) is 15.5 Å². The number of nitro benzene ring substituents is 1. The normalized spacial score (nSPS) is 20.6. The van der Waals surface area contributed by atoms with Gasteiger partial charge in [0, 0.05) is 11.6 Å². The van der Waals surface area contributed by atoms with Crippen LogP contribution in [0.5, 0.6) is 0 Å². The Morgan fingerprint density at radius 3 is 2.45 bits per heavy atom. The van der Waals surface area contributed by atoms with Gasteiger partial charge in [0.05, 0.1) is 9.40 Å². The third-order valence-corrected chi connectivity index (χ3v) is 5.31. The average molecular weight is 341 g/mol. The summed E-state index contributed by atoms with van der Waals surface area (Å²) in [6, 6.07) is 5.17. The quantitative estimate of drug-likeness (QED) is 0.662. The average Bonchev–Trinajstić information content (AvgIpc) is 2.36. The fourth-order valence-corrected chi connectivity index (χ4v) is 3.37. The third-order valence-electron chi connectivity index (χ3n) is 4.40. The standard InChI is InChI=1S/C15H21BrN2O2/c1-14(2)6-8-15(17,9-7-14)10-11-4-3-5-12(13(11)16)18(19)20/h3-5H,6-10,17H2,1-2H3. The molecular formula is C15H21BrN2O2. The van der Waals surface area contributed by atoms with Crippen LogP contribution in [0.1, 0.15) is 45.1 Å². The van der Waals surface area contributed by atoms with Crippen LogP contribution in [0.4, 0.5) is 5.69 Å². The predicted octanol–water partition coefficient (Wildman–Crippen LogP) is 4.20. The lowest BCUT2D eigenvalue weighted by Crippen LogP contribution is -2.46. The zero-order valence-electron chi connectivity index (χ0n) is 12.0. The van der Waals surface area contributed by atoms with E-state index >= 15 is 0 Å². The molecule has 2 N–H and O–H groups in total. The highest BCUT2D eigenvalue weighted by atomic mass is 79.9. The molecule has 1 aliphatic carbocycles. The molecular weight excluding hydrogens is 320 g/mol. The van der Waals surface area contributed by atoms with E-state index in [1.165, 1.54) is 6.07 Å². The first-order chi connectivity index (χ1) is 9.22. The summed E-state index contributed by atoms with van der Waals surface area (Å²) in [5.41, 5.74) is 7.68. The zero-order valence-corrected chi connectivity index (χ0v) is 13.6. The maximum absolute atomic E-state index is 11.0. The smallest absolute Gasteiger partial charge is 0.283 e. The second-order valence-electron chi connectivity index (χ2n) is 6.71. The van der Waals surface area contributed by atoms with E-state index in [0.29, 0.717) is 16.3 Å². The van der Waals surface area contributed by atoms with Crippen LogP contribution in [0.25, 0.3) is 0 Å². The highest BCUT2D eigenvalue weighted by Crippen LogP contribution is 2.41. The van der Waals surface area contributed by atoms with Crippen molar-refractivity contribution < 1.29 is 4.92 Å². The first-order valence-electron chi connectivity index (χ1n) is 6.93. The van der Waals surface area contributed by atoms with Crippen LogP contribution in [0.3, 0.4) is 0 Å². The summed E-state index contributed by atoms with van der Waals surface area (Å²) in [6.45, 7) is 4.55. The number of nitrogens with zero attached hydrogens (tertiary/aromatic N) is 1. The Morgan fingerprint density at radius 1 is 1.30 bits per heavy atom. The van der Waals surface area contributed by atoms with E-state index in [9.17, 15) is 10.1 Å². The van der Waals surface area contributed by atoms with E-state index in [2.05, 4.69) is 29.8 Å². The topological polar surface area (TPSA) is 69.2 Å². The molecule has 2 rings (SSSR count). The number of halogens is 1. The lowest BCUT2D eigenvalue weighted by atomic mass is 9.68. The molecule has 1 saturated carbocycles. The minimum Gasteiger partial charge on any atom is -0.325 e. The van der Waals surface area contributed by atoms with Gasteiger partial charge in [0.25, 0.3) is 5.69 Å². The molecule has 0 aliphatic heterocycles.